The summed E-state index contributed by atoms with van der Waals surface area (Å²) in [5.74, 6) is 0. The highest BCUT2D eigenvalue weighted by atomic mass is 14.9. The van der Waals surface area contributed by atoms with Crippen LogP contribution >= 0.6 is 0 Å². The second kappa shape index (κ2) is 6.64. The van der Waals surface area contributed by atoms with Crippen LogP contribution in [0.4, 0.5) is 0 Å². The van der Waals surface area contributed by atoms with Crippen LogP contribution in [0, 0.1) is 5.41 Å². The lowest BCUT2D eigenvalue weighted by molar-refractivity contribution is 0.206. The van der Waals surface area contributed by atoms with Gasteiger partial charge in [-0.3, -0.25) is 0 Å². The third-order valence-corrected chi connectivity index (χ3v) is 5.64. The van der Waals surface area contributed by atoms with E-state index in [4.69, 9.17) is 0 Å². The molecular weight excluding hydrogens is 306 g/mol. The minimum absolute atomic E-state index is 0.537. The van der Waals surface area contributed by atoms with Gasteiger partial charge in [-0.15, -0.1) is 0 Å². The van der Waals surface area contributed by atoms with Gasteiger partial charge >= 0.3 is 0 Å². The lowest BCUT2D eigenvalue weighted by Crippen LogP contribution is -2.35. The van der Waals surface area contributed by atoms with Gasteiger partial charge in [-0.2, -0.15) is 0 Å². The van der Waals surface area contributed by atoms with Crippen molar-refractivity contribution in [2.24, 2.45) is 5.41 Å². The first-order chi connectivity index (χ1) is 12.1. The zero-order valence-corrected chi connectivity index (χ0v) is 15.2. The van der Waals surface area contributed by atoms with Gasteiger partial charge in [-0.05, 0) is 59.9 Å². The van der Waals surface area contributed by atoms with Crippen molar-refractivity contribution in [3.63, 3.8) is 0 Å². The van der Waals surface area contributed by atoms with Crippen LogP contribution in [-0.4, -0.2) is 16.0 Å². The minimum atomic E-state index is 0.537. The Kier molecular flexibility index (Phi) is 4.34. The Bertz CT molecular complexity index is 835. The molecule has 3 aromatic rings. The quantitative estimate of drug-likeness (QED) is 0.681. The van der Waals surface area contributed by atoms with Crippen molar-refractivity contribution in [2.45, 2.75) is 52.1 Å². The lowest BCUT2D eigenvalue weighted by Gasteiger charge is -2.34. The maximum Gasteiger partial charge on any atom is 0.0931 e. The number of H-pyrrole nitrogens is 1. The van der Waals surface area contributed by atoms with Gasteiger partial charge in [0, 0.05) is 12.6 Å². The molecule has 0 radical (unpaired) electrons. The molecule has 0 saturated heterocycles. The predicted molar refractivity (Wildman–Crippen MR) is 104 cm³/mol. The third-order valence-electron chi connectivity index (χ3n) is 5.64. The summed E-state index contributed by atoms with van der Waals surface area (Å²) in [6.45, 7) is 5.75. The highest BCUT2D eigenvalue weighted by Crippen LogP contribution is 2.35. The van der Waals surface area contributed by atoms with Gasteiger partial charge in [0.05, 0.1) is 17.4 Å². The van der Waals surface area contributed by atoms with E-state index in [1.54, 1.807) is 6.33 Å². The van der Waals surface area contributed by atoms with Crippen LogP contribution in [0.25, 0.3) is 22.2 Å². The SMILES string of the molecule is CC1(C)CCC(NCc2ccc(-c3ccc4nc[nH]c4c3)cc2)CC1. The number of fused-ring (bicyclic) bond motifs is 1. The molecule has 25 heavy (non-hydrogen) atoms. The van der Waals surface area contributed by atoms with Gasteiger partial charge in [-0.25, -0.2) is 4.98 Å². The number of hydrogen-bond donors (Lipinski definition) is 2. The van der Waals surface area contributed by atoms with E-state index < -0.39 is 0 Å². The second-order valence-electron chi connectivity index (χ2n) is 8.15. The van der Waals surface area contributed by atoms with Gasteiger partial charge < -0.3 is 10.3 Å². The Hall–Kier alpha value is -2.13. The van der Waals surface area contributed by atoms with Crippen molar-refractivity contribution >= 4 is 11.0 Å². The Morgan fingerprint density at radius 1 is 1.04 bits per heavy atom. The fraction of sp³-hybridized carbons (Fsp3) is 0.409. The lowest BCUT2D eigenvalue weighted by atomic mass is 9.75. The summed E-state index contributed by atoms with van der Waals surface area (Å²) < 4.78 is 0. The van der Waals surface area contributed by atoms with Crippen molar-refractivity contribution in [3.8, 4) is 11.1 Å². The van der Waals surface area contributed by atoms with Crippen molar-refractivity contribution in [1.82, 2.24) is 15.3 Å². The fourth-order valence-corrected chi connectivity index (χ4v) is 3.80. The molecule has 0 atom stereocenters. The van der Waals surface area contributed by atoms with Crippen LogP contribution in [0.1, 0.15) is 45.1 Å². The first kappa shape index (κ1) is 16.3. The molecule has 1 aliphatic carbocycles. The average Bonchev–Trinajstić information content (AvgIpc) is 3.09. The molecule has 4 rings (SSSR count). The highest BCUT2D eigenvalue weighted by Gasteiger charge is 2.26. The normalized spacial score (nSPS) is 17.8. The molecule has 0 unspecified atom stereocenters. The number of nitrogens with one attached hydrogen (secondary N) is 2. The zero-order valence-electron chi connectivity index (χ0n) is 15.2. The first-order valence-electron chi connectivity index (χ1n) is 9.35. The van der Waals surface area contributed by atoms with Crippen LogP contribution in [0.5, 0.6) is 0 Å². The Balaban J connectivity index is 1.38. The number of aromatic nitrogens is 2. The molecule has 1 aromatic heterocycles. The van der Waals surface area contributed by atoms with Crippen molar-refractivity contribution in [3.05, 3.63) is 54.4 Å². The molecule has 1 fully saturated rings. The maximum atomic E-state index is 4.28. The molecule has 0 bridgehead atoms. The van der Waals surface area contributed by atoms with E-state index in [0.29, 0.717) is 11.5 Å². The van der Waals surface area contributed by atoms with E-state index in [-0.39, 0.29) is 0 Å². The zero-order chi connectivity index (χ0) is 17.3. The maximum absolute atomic E-state index is 4.28. The number of rotatable bonds is 4. The predicted octanol–water partition coefficient (Wildman–Crippen LogP) is 5.29. The number of hydrogen-bond acceptors (Lipinski definition) is 2. The fourth-order valence-electron chi connectivity index (χ4n) is 3.80. The van der Waals surface area contributed by atoms with E-state index in [1.807, 2.05) is 0 Å². The van der Waals surface area contributed by atoms with Gasteiger partial charge in [0.2, 0.25) is 0 Å². The summed E-state index contributed by atoms with van der Waals surface area (Å²) in [5.41, 5.74) is 6.47. The molecule has 1 aliphatic rings. The summed E-state index contributed by atoms with van der Waals surface area (Å²) in [6, 6.07) is 16.0. The van der Waals surface area contributed by atoms with Crippen LogP contribution in [0.2, 0.25) is 0 Å². The van der Waals surface area contributed by atoms with Gasteiger partial charge in [0.1, 0.15) is 0 Å². The smallest absolute Gasteiger partial charge is 0.0931 e. The monoisotopic (exact) mass is 333 g/mol. The second-order valence-corrected chi connectivity index (χ2v) is 8.15. The Labute approximate surface area is 149 Å². The van der Waals surface area contributed by atoms with Crippen LogP contribution in [0.3, 0.4) is 0 Å². The average molecular weight is 333 g/mol. The summed E-state index contributed by atoms with van der Waals surface area (Å²) in [6.07, 6.45) is 7.01. The Morgan fingerprint density at radius 3 is 2.52 bits per heavy atom. The molecule has 130 valence electrons. The summed E-state index contributed by atoms with van der Waals surface area (Å²) in [4.78, 5) is 7.46. The van der Waals surface area contributed by atoms with Gasteiger partial charge in [0.15, 0.2) is 0 Å². The molecule has 0 aliphatic heterocycles. The number of benzene rings is 2. The van der Waals surface area contributed by atoms with Crippen LogP contribution in [0.15, 0.2) is 48.8 Å². The number of imidazole rings is 1. The molecule has 2 aromatic carbocycles. The third kappa shape index (κ3) is 3.77. The molecule has 1 saturated carbocycles. The molecule has 0 spiro atoms. The van der Waals surface area contributed by atoms with Crippen LogP contribution < -0.4 is 5.32 Å². The standard InChI is InChI=1S/C22H27N3/c1-22(2)11-9-19(10-12-22)23-14-16-3-5-17(6-4-16)18-7-8-20-21(13-18)25-15-24-20/h3-8,13,15,19,23H,9-12,14H2,1-2H3,(H,24,25). The number of aromatic amines is 1. The number of nitrogens with zero attached hydrogens (tertiary/aromatic N) is 1. The first-order valence-corrected chi connectivity index (χ1v) is 9.35. The van der Waals surface area contributed by atoms with Crippen molar-refractivity contribution in [2.75, 3.05) is 0 Å². The van der Waals surface area contributed by atoms with Crippen molar-refractivity contribution in [1.29, 1.82) is 0 Å². The van der Waals surface area contributed by atoms with E-state index in [0.717, 1.165) is 17.6 Å². The van der Waals surface area contributed by atoms with Crippen molar-refractivity contribution < 1.29 is 0 Å². The molecule has 1 heterocycles. The van der Waals surface area contributed by atoms with Crippen LogP contribution in [-0.2, 0) is 6.54 Å². The molecule has 2 N–H and O–H groups in total. The van der Waals surface area contributed by atoms with Gasteiger partial charge in [-0.1, -0.05) is 44.2 Å². The van der Waals surface area contributed by atoms with E-state index in [1.165, 1.54) is 42.4 Å². The highest BCUT2D eigenvalue weighted by molar-refractivity contribution is 5.81. The Morgan fingerprint density at radius 2 is 1.76 bits per heavy atom. The summed E-state index contributed by atoms with van der Waals surface area (Å²) in [7, 11) is 0. The largest absolute Gasteiger partial charge is 0.345 e. The molecule has 3 heteroatoms. The topological polar surface area (TPSA) is 40.7 Å². The van der Waals surface area contributed by atoms with E-state index in [2.05, 4.69) is 71.6 Å². The minimum Gasteiger partial charge on any atom is -0.345 e. The molecular formula is C22H27N3. The molecule has 3 nitrogen and oxygen atoms in total. The summed E-state index contributed by atoms with van der Waals surface area (Å²) in [5, 5.41) is 3.74. The summed E-state index contributed by atoms with van der Waals surface area (Å²) >= 11 is 0. The van der Waals surface area contributed by atoms with E-state index >= 15 is 0 Å². The van der Waals surface area contributed by atoms with E-state index in [9.17, 15) is 0 Å². The molecule has 0 amide bonds. The van der Waals surface area contributed by atoms with Gasteiger partial charge in [0.25, 0.3) is 0 Å².